The van der Waals surface area contributed by atoms with Crippen molar-refractivity contribution in [1.29, 1.82) is 0 Å². The third-order valence-electron chi connectivity index (χ3n) is 2.71. The molecular formula is C15H22FN. The Hall–Kier alpha value is -1.31. The molecule has 1 aromatic heterocycles. The van der Waals surface area contributed by atoms with Crippen LogP contribution in [0.15, 0.2) is 18.2 Å². The Balaban J connectivity index is 0.000000686. The van der Waals surface area contributed by atoms with Gasteiger partial charge in [-0.05, 0) is 30.7 Å². The summed E-state index contributed by atoms with van der Waals surface area (Å²) in [5, 5.41) is 1.08. The van der Waals surface area contributed by atoms with Crippen LogP contribution in [0.5, 0.6) is 0 Å². The quantitative estimate of drug-likeness (QED) is 0.665. The van der Waals surface area contributed by atoms with Crippen LogP contribution in [0.3, 0.4) is 0 Å². The van der Waals surface area contributed by atoms with Crippen molar-refractivity contribution in [3.63, 3.8) is 0 Å². The molecule has 17 heavy (non-hydrogen) atoms. The van der Waals surface area contributed by atoms with Crippen molar-refractivity contribution in [3.05, 3.63) is 35.3 Å². The van der Waals surface area contributed by atoms with E-state index in [9.17, 15) is 4.39 Å². The lowest BCUT2D eigenvalue weighted by Gasteiger charge is -2.15. The number of nitrogens with one attached hydrogen (secondary N) is 1. The lowest BCUT2D eigenvalue weighted by molar-refractivity contribution is 0.574. The zero-order valence-corrected chi connectivity index (χ0v) is 11.6. The predicted molar refractivity (Wildman–Crippen MR) is 73.0 cm³/mol. The van der Waals surface area contributed by atoms with Crippen LogP contribution in [0, 0.1) is 12.7 Å². The van der Waals surface area contributed by atoms with Gasteiger partial charge in [-0.2, -0.15) is 0 Å². The minimum atomic E-state index is -0.148. The number of benzene rings is 1. The van der Waals surface area contributed by atoms with Gasteiger partial charge < -0.3 is 4.98 Å². The molecule has 0 saturated heterocycles. The standard InChI is InChI=1S/C13H16FN.C2H6/c1-8-5-9-6-12(13(2,3)4)15-11(9)7-10(8)14;1-2/h5-7,15H,1-4H3;1-2H3. The van der Waals surface area contributed by atoms with Crippen molar-refractivity contribution < 1.29 is 4.39 Å². The molecule has 0 atom stereocenters. The molecule has 2 aromatic rings. The van der Waals surface area contributed by atoms with Gasteiger partial charge in [-0.25, -0.2) is 4.39 Å². The third-order valence-corrected chi connectivity index (χ3v) is 2.71. The largest absolute Gasteiger partial charge is 0.358 e. The molecule has 1 heterocycles. The highest BCUT2D eigenvalue weighted by molar-refractivity contribution is 5.81. The summed E-state index contributed by atoms with van der Waals surface area (Å²) in [6.45, 7) is 12.2. The maximum absolute atomic E-state index is 13.3. The second kappa shape index (κ2) is 4.91. The van der Waals surface area contributed by atoms with Gasteiger partial charge in [0.15, 0.2) is 0 Å². The van der Waals surface area contributed by atoms with Crippen LogP contribution in [-0.2, 0) is 5.41 Å². The van der Waals surface area contributed by atoms with E-state index in [1.807, 2.05) is 19.9 Å². The fraction of sp³-hybridized carbons (Fsp3) is 0.467. The number of aryl methyl sites for hydroxylation is 1. The van der Waals surface area contributed by atoms with Crippen molar-refractivity contribution in [2.45, 2.75) is 47.0 Å². The average Bonchev–Trinajstić information content (AvgIpc) is 2.64. The molecule has 0 bridgehead atoms. The maximum Gasteiger partial charge on any atom is 0.128 e. The van der Waals surface area contributed by atoms with Crippen LogP contribution in [0.25, 0.3) is 10.9 Å². The van der Waals surface area contributed by atoms with Gasteiger partial charge in [0.25, 0.3) is 0 Å². The third kappa shape index (κ3) is 2.87. The van der Waals surface area contributed by atoms with Gasteiger partial charge in [-0.15, -0.1) is 0 Å². The van der Waals surface area contributed by atoms with E-state index in [0.29, 0.717) is 5.56 Å². The second-order valence-electron chi connectivity index (χ2n) is 5.12. The molecule has 0 aliphatic carbocycles. The molecule has 0 amide bonds. The Kier molecular flexibility index (Phi) is 3.97. The lowest BCUT2D eigenvalue weighted by atomic mass is 9.92. The van der Waals surface area contributed by atoms with Gasteiger partial charge in [0.2, 0.25) is 0 Å². The van der Waals surface area contributed by atoms with Crippen LogP contribution in [-0.4, -0.2) is 4.98 Å². The Morgan fingerprint density at radius 2 is 1.65 bits per heavy atom. The van der Waals surface area contributed by atoms with E-state index >= 15 is 0 Å². The summed E-state index contributed by atoms with van der Waals surface area (Å²) in [5.74, 6) is -0.148. The second-order valence-corrected chi connectivity index (χ2v) is 5.12. The Morgan fingerprint density at radius 3 is 2.18 bits per heavy atom. The van der Waals surface area contributed by atoms with E-state index in [4.69, 9.17) is 0 Å². The molecule has 1 aromatic carbocycles. The van der Waals surface area contributed by atoms with Crippen LogP contribution >= 0.6 is 0 Å². The minimum Gasteiger partial charge on any atom is -0.358 e. The highest BCUT2D eigenvalue weighted by Gasteiger charge is 2.16. The van der Waals surface area contributed by atoms with Crippen molar-refractivity contribution >= 4 is 10.9 Å². The van der Waals surface area contributed by atoms with Crippen molar-refractivity contribution in [2.24, 2.45) is 0 Å². The van der Waals surface area contributed by atoms with Gasteiger partial charge in [0, 0.05) is 22.0 Å². The summed E-state index contributed by atoms with van der Waals surface area (Å²) >= 11 is 0. The van der Waals surface area contributed by atoms with E-state index in [2.05, 4.69) is 31.8 Å². The van der Waals surface area contributed by atoms with E-state index in [1.165, 1.54) is 0 Å². The van der Waals surface area contributed by atoms with Crippen LogP contribution < -0.4 is 0 Å². The molecule has 0 unspecified atom stereocenters. The molecule has 0 radical (unpaired) electrons. The highest BCUT2D eigenvalue weighted by Crippen LogP contribution is 2.27. The molecule has 2 rings (SSSR count). The summed E-state index contributed by atoms with van der Waals surface area (Å²) in [6.07, 6.45) is 0. The average molecular weight is 235 g/mol. The van der Waals surface area contributed by atoms with Gasteiger partial charge in [-0.3, -0.25) is 0 Å². The van der Waals surface area contributed by atoms with Crippen molar-refractivity contribution in [1.82, 2.24) is 4.98 Å². The van der Waals surface area contributed by atoms with E-state index in [1.54, 1.807) is 13.0 Å². The zero-order chi connectivity index (χ0) is 13.2. The molecule has 2 heteroatoms. The molecule has 0 saturated carbocycles. The molecule has 0 spiro atoms. The van der Waals surface area contributed by atoms with Gasteiger partial charge in [0.05, 0.1) is 0 Å². The first-order chi connectivity index (χ1) is 7.88. The van der Waals surface area contributed by atoms with Crippen LogP contribution in [0.2, 0.25) is 0 Å². The molecule has 0 aliphatic rings. The fourth-order valence-electron chi connectivity index (χ4n) is 1.67. The Bertz CT molecular complexity index is 464. The predicted octanol–water partition coefficient (Wildman–Crippen LogP) is 4.94. The van der Waals surface area contributed by atoms with Gasteiger partial charge in [-0.1, -0.05) is 34.6 Å². The van der Waals surface area contributed by atoms with Crippen LogP contribution in [0.4, 0.5) is 4.39 Å². The molecule has 94 valence electrons. The van der Waals surface area contributed by atoms with E-state index in [0.717, 1.165) is 16.6 Å². The smallest absolute Gasteiger partial charge is 0.128 e. The summed E-state index contributed by atoms with van der Waals surface area (Å²) in [6, 6.07) is 5.55. The first-order valence-electron chi connectivity index (χ1n) is 6.17. The monoisotopic (exact) mass is 235 g/mol. The zero-order valence-electron chi connectivity index (χ0n) is 11.6. The lowest BCUT2D eigenvalue weighted by Crippen LogP contribution is -2.10. The summed E-state index contributed by atoms with van der Waals surface area (Å²) in [7, 11) is 0. The molecule has 0 fully saturated rings. The number of fused-ring (bicyclic) bond motifs is 1. The molecular weight excluding hydrogens is 213 g/mol. The molecule has 0 aliphatic heterocycles. The van der Waals surface area contributed by atoms with Crippen LogP contribution in [0.1, 0.15) is 45.9 Å². The number of aromatic nitrogens is 1. The number of aromatic amines is 1. The van der Waals surface area contributed by atoms with Crippen molar-refractivity contribution in [3.8, 4) is 0 Å². The fourth-order valence-corrected chi connectivity index (χ4v) is 1.67. The Labute approximate surface area is 103 Å². The number of hydrogen-bond acceptors (Lipinski definition) is 0. The first kappa shape index (κ1) is 13.8. The highest BCUT2D eigenvalue weighted by atomic mass is 19.1. The maximum atomic E-state index is 13.3. The summed E-state index contributed by atoms with van der Waals surface area (Å²) in [5.41, 5.74) is 2.79. The van der Waals surface area contributed by atoms with Crippen molar-refractivity contribution in [2.75, 3.05) is 0 Å². The van der Waals surface area contributed by atoms with E-state index < -0.39 is 0 Å². The number of H-pyrrole nitrogens is 1. The minimum absolute atomic E-state index is 0.0728. The number of halogens is 1. The molecule has 1 N–H and O–H groups in total. The Morgan fingerprint density at radius 1 is 1.06 bits per heavy atom. The van der Waals surface area contributed by atoms with E-state index in [-0.39, 0.29) is 11.2 Å². The number of hydrogen-bond donors (Lipinski definition) is 1. The summed E-state index contributed by atoms with van der Waals surface area (Å²) < 4.78 is 13.3. The summed E-state index contributed by atoms with van der Waals surface area (Å²) in [4.78, 5) is 3.26. The van der Waals surface area contributed by atoms with Gasteiger partial charge in [0.1, 0.15) is 5.82 Å². The number of rotatable bonds is 0. The van der Waals surface area contributed by atoms with Gasteiger partial charge >= 0.3 is 0 Å². The topological polar surface area (TPSA) is 15.8 Å². The SMILES string of the molecule is CC.Cc1cc2cc(C(C)(C)C)[nH]c2cc1F. The first-order valence-corrected chi connectivity index (χ1v) is 6.17. The normalized spacial score (nSPS) is 11.2. The molecule has 1 nitrogen and oxygen atoms in total.